The topological polar surface area (TPSA) is 38.1 Å². The normalized spacial score (nSPS) is 17.2. The van der Waals surface area contributed by atoms with Crippen molar-refractivity contribution in [1.29, 1.82) is 0 Å². The summed E-state index contributed by atoms with van der Waals surface area (Å²) in [5.41, 5.74) is 5.85. The van der Waals surface area contributed by atoms with E-state index < -0.39 is 0 Å². The maximum atomic E-state index is 13.8. The van der Waals surface area contributed by atoms with Crippen molar-refractivity contribution in [2.45, 2.75) is 51.7 Å². The van der Waals surface area contributed by atoms with E-state index in [2.05, 4.69) is 69.2 Å². The van der Waals surface area contributed by atoms with Crippen LogP contribution < -0.4 is 5.56 Å². The Balaban J connectivity index is 1.39. The predicted octanol–water partition coefficient (Wildman–Crippen LogP) is 5.52. The molecule has 6 rings (SSSR count). The van der Waals surface area contributed by atoms with Gasteiger partial charge in [0.25, 0.3) is 5.56 Å². The standard InChI is InChI=1S/C28H29N3OS/c1-19(15-23-6-2-3-12-29-23)30-13-10-26-22(18-30)16-25(28(32)31(26)17-20-8-9-20)24-7-4-5-21-11-14-33-27(21)24/h2-7,11-12,14,16,19-20H,8-10,13,15,17-18H2,1H3. The molecule has 4 nitrogen and oxygen atoms in total. The molecule has 33 heavy (non-hydrogen) atoms. The van der Waals surface area contributed by atoms with Crippen molar-refractivity contribution in [2.75, 3.05) is 6.54 Å². The Labute approximate surface area is 198 Å². The molecule has 4 heterocycles. The molecular weight excluding hydrogens is 426 g/mol. The molecular formula is C28H29N3OS. The lowest BCUT2D eigenvalue weighted by Gasteiger charge is -2.35. The van der Waals surface area contributed by atoms with Gasteiger partial charge in [-0.2, -0.15) is 0 Å². The lowest BCUT2D eigenvalue weighted by atomic mass is 9.97. The maximum absolute atomic E-state index is 13.8. The van der Waals surface area contributed by atoms with Crippen molar-refractivity contribution >= 4 is 21.4 Å². The first-order valence-corrected chi connectivity index (χ1v) is 12.9. The molecule has 0 N–H and O–H groups in total. The summed E-state index contributed by atoms with van der Waals surface area (Å²) in [6.07, 6.45) is 6.26. The second-order valence-electron chi connectivity index (χ2n) is 9.63. The van der Waals surface area contributed by atoms with Gasteiger partial charge in [0.1, 0.15) is 0 Å². The molecule has 1 unspecified atom stereocenters. The Hall–Kier alpha value is -2.76. The maximum Gasteiger partial charge on any atom is 0.258 e. The van der Waals surface area contributed by atoms with Crippen LogP contribution in [0.4, 0.5) is 0 Å². The van der Waals surface area contributed by atoms with E-state index in [0.29, 0.717) is 12.0 Å². The van der Waals surface area contributed by atoms with E-state index in [1.54, 1.807) is 11.3 Å². The number of benzene rings is 1. The van der Waals surface area contributed by atoms with E-state index in [9.17, 15) is 4.79 Å². The highest BCUT2D eigenvalue weighted by Gasteiger charge is 2.29. The summed E-state index contributed by atoms with van der Waals surface area (Å²) < 4.78 is 3.35. The van der Waals surface area contributed by atoms with Gasteiger partial charge in [0.15, 0.2) is 0 Å². The molecule has 0 amide bonds. The van der Waals surface area contributed by atoms with Crippen molar-refractivity contribution in [3.63, 3.8) is 0 Å². The smallest absolute Gasteiger partial charge is 0.258 e. The Morgan fingerprint density at radius 1 is 1.12 bits per heavy atom. The van der Waals surface area contributed by atoms with Gasteiger partial charge in [-0.25, -0.2) is 0 Å². The quantitative estimate of drug-likeness (QED) is 0.384. The molecule has 4 aromatic rings. The summed E-state index contributed by atoms with van der Waals surface area (Å²) in [5.74, 6) is 0.667. The average Bonchev–Trinajstić information content (AvgIpc) is 3.53. The molecule has 0 saturated heterocycles. The minimum absolute atomic E-state index is 0.191. The second kappa shape index (κ2) is 8.54. The molecule has 1 aromatic carbocycles. The number of nitrogens with zero attached hydrogens (tertiary/aromatic N) is 3. The molecule has 168 valence electrons. The highest BCUT2D eigenvalue weighted by atomic mass is 32.1. The fourth-order valence-electron chi connectivity index (χ4n) is 5.22. The Bertz CT molecular complexity index is 1350. The average molecular weight is 456 g/mol. The van der Waals surface area contributed by atoms with Gasteiger partial charge in [0.2, 0.25) is 0 Å². The predicted molar refractivity (Wildman–Crippen MR) is 136 cm³/mol. The fourth-order valence-corrected chi connectivity index (χ4v) is 6.14. The number of hydrogen-bond acceptors (Lipinski definition) is 4. The minimum atomic E-state index is 0.191. The Morgan fingerprint density at radius 2 is 2.03 bits per heavy atom. The van der Waals surface area contributed by atoms with Gasteiger partial charge in [-0.15, -0.1) is 11.3 Å². The van der Waals surface area contributed by atoms with E-state index in [1.807, 2.05) is 12.3 Å². The molecule has 2 aliphatic rings. The molecule has 3 aromatic heterocycles. The summed E-state index contributed by atoms with van der Waals surface area (Å²) in [7, 11) is 0. The van der Waals surface area contributed by atoms with Crippen molar-refractivity contribution in [1.82, 2.24) is 14.5 Å². The first-order chi connectivity index (χ1) is 16.2. The number of rotatable bonds is 6. The third kappa shape index (κ3) is 4.04. The van der Waals surface area contributed by atoms with E-state index in [-0.39, 0.29) is 5.56 Å². The van der Waals surface area contributed by atoms with E-state index in [4.69, 9.17) is 0 Å². The van der Waals surface area contributed by atoms with Crippen LogP contribution in [0.5, 0.6) is 0 Å². The molecule has 1 aliphatic carbocycles. The Kier molecular flexibility index (Phi) is 5.39. The largest absolute Gasteiger partial charge is 0.311 e. The monoisotopic (exact) mass is 455 g/mol. The minimum Gasteiger partial charge on any atom is -0.311 e. The molecule has 5 heteroatoms. The molecule has 0 radical (unpaired) electrons. The number of aromatic nitrogens is 2. The SMILES string of the molecule is CC(Cc1ccccn1)N1CCc2c(cc(-c3cccc4ccsc34)c(=O)n2CC2CC2)C1. The zero-order valence-corrected chi connectivity index (χ0v) is 19.9. The summed E-state index contributed by atoms with van der Waals surface area (Å²) in [4.78, 5) is 20.9. The van der Waals surface area contributed by atoms with E-state index in [0.717, 1.165) is 49.3 Å². The van der Waals surface area contributed by atoms with Crippen LogP contribution in [0, 0.1) is 5.92 Å². The van der Waals surface area contributed by atoms with Crippen LogP contribution in [0.1, 0.15) is 36.7 Å². The van der Waals surface area contributed by atoms with Gasteiger partial charge in [0, 0.05) is 71.9 Å². The molecule has 1 fully saturated rings. The molecule has 1 atom stereocenters. The first kappa shape index (κ1) is 20.8. The highest BCUT2D eigenvalue weighted by molar-refractivity contribution is 7.17. The lowest BCUT2D eigenvalue weighted by molar-refractivity contribution is 0.185. The van der Waals surface area contributed by atoms with Crippen LogP contribution >= 0.6 is 11.3 Å². The van der Waals surface area contributed by atoms with Crippen LogP contribution in [0.2, 0.25) is 0 Å². The van der Waals surface area contributed by atoms with Gasteiger partial charge < -0.3 is 4.57 Å². The lowest BCUT2D eigenvalue weighted by Crippen LogP contribution is -2.41. The van der Waals surface area contributed by atoms with E-state index in [1.165, 1.54) is 34.2 Å². The van der Waals surface area contributed by atoms with Crippen molar-refractivity contribution in [3.8, 4) is 11.1 Å². The zero-order valence-electron chi connectivity index (χ0n) is 19.0. The third-order valence-corrected chi connectivity index (χ3v) is 8.22. The summed E-state index contributed by atoms with van der Waals surface area (Å²) in [5, 5.41) is 3.34. The van der Waals surface area contributed by atoms with Gasteiger partial charge >= 0.3 is 0 Å². The van der Waals surface area contributed by atoms with Crippen molar-refractivity contribution in [2.24, 2.45) is 5.92 Å². The fraction of sp³-hybridized carbons (Fsp3) is 0.357. The van der Waals surface area contributed by atoms with Gasteiger partial charge in [-0.3, -0.25) is 14.7 Å². The third-order valence-electron chi connectivity index (χ3n) is 7.26. The van der Waals surface area contributed by atoms with Crippen molar-refractivity contribution in [3.05, 3.63) is 87.4 Å². The van der Waals surface area contributed by atoms with Crippen LogP contribution in [0.25, 0.3) is 21.2 Å². The number of fused-ring (bicyclic) bond motifs is 2. The number of pyridine rings is 2. The van der Waals surface area contributed by atoms with E-state index >= 15 is 0 Å². The zero-order chi connectivity index (χ0) is 22.4. The van der Waals surface area contributed by atoms with Crippen molar-refractivity contribution < 1.29 is 0 Å². The summed E-state index contributed by atoms with van der Waals surface area (Å²) in [6.45, 7) is 5.05. The molecule has 1 saturated carbocycles. The van der Waals surface area contributed by atoms with Crippen LogP contribution in [0.3, 0.4) is 0 Å². The summed E-state index contributed by atoms with van der Waals surface area (Å²) in [6, 6.07) is 17.2. The van der Waals surface area contributed by atoms with Crippen LogP contribution in [-0.2, 0) is 25.9 Å². The van der Waals surface area contributed by atoms with Gasteiger partial charge in [-0.1, -0.05) is 24.3 Å². The molecule has 0 bridgehead atoms. The van der Waals surface area contributed by atoms with Crippen LogP contribution in [0.15, 0.2) is 64.9 Å². The first-order valence-electron chi connectivity index (χ1n) is 12.0. The summed E-state index contributed by atoms with van der Waals surface area (Å²) >= 11 is 1.73. The molecule has 0 spiro atoms. The Morgan fingerprint density at radius 3 is 2.85 bits per heavy atom. The van der Waals surface area contributed by atoms with Crippen LogP contribution in [-0.4, -0.2) is 27.0 Å². The van der Waals surface area contributed by atoms with Gasteiger partial charge in [0.05, 0.1) is 0 Å². The van der Waals surface area contributed by atoms with Gasteiger partial charge in [-0.05, 0) is 66.3 Å². The molecule has 1 aliphatic heterocycles. The highest BCUT2D eigenvalue weighted by Crippen LogP contribution is 2.35. The number of thiophene rings is 1. The second-order valence-corrected chi connectivity index (χ2v) is 10.5. The number of hydrogen-bond donors (Lipinski definition) is 0.